The first kappa shape index (κ1) is 23.9. The van der Waals surface area contributed by atoms with E-state index in [2.05, 4.69) is 17.5 Å². The Morgan fingerprint density at radius 2 is 1.55 bits per heavy atom. The number of benzene rings is 3. The number of hydrogen-bond acceptors (Lipinski definition) is 5. The number of unbranched alkanes of at least 4 members (excludes halogenated alkanes) is 1. The van der Waals surface area contributed by atoms with E-state index in [1.165, 1.54) is 0 Å². The van der Waals surface area contributed by atoms with Crippen molar-refractivity contribution in [2.45, 2.75) is 39.4 Å². The zero-order chi connectivity index (χ0) is 23.3. The van der Waals surface area contributed by atoms with Crippen LogP contribution >= 0.6 is 0 Å². The topological polar surface area (TPSA) is 69.2 Å². The number of nitrogens with zero attached hydrogens (tertiary/aromatic N) is 1. The molecule has 0 bridgehead atoms. The molecule has 6 nitrogen and oxygen atoms in total. The first-order chi connectivity index (χ1) is 16.1. The van der Waals surface area contributed by atoms with Crippen LogP contribution in [0.1, 0.15) is 37.8 Å². The van der Waals surface area contributed by atoms with Crippen LogP contribution in [0.5, 0.6) is 17.2 Å². The highest BCUT2D eigenvalue weighted by atomic mass is 16.5. The van der Waals surface area contributed by atoms with E-state index in [0.717, 1.165) is 35.5 Å². The lowest BCUT2D eigenvalue weighted by atomic mass is 10.2. The third kappa shape index (κ3) is 8.33. The Hall–Kier alpha value is -3.80. The Morgan fingerprint density at radius 1 is 0.909 bits per heavy atom. The van der Waals surface area contributed by atoms with Crippen LogP contribution in [0.15, 0.2) is 84.0 Å². The molecule has 1 unspecified atom stereocenters. The molecular weight excluding hydrogens is 416 g/mol. The summed E-state index contributed by atoms with van der Waals surface area (Å²) in [6, 6.07) is 24.7. The number of hydrogen-bond donors (Lipinski definition) is 1. The summed E-state index contributed by atoms with van der Waals surface area (Å²) in [7, 11) is 0. The summed E-state index contributed by atoms with van der Waals surface area (Å²) >= 11 is 0. The highest BCUT2D eigenvalue weighted by molar-refractivity contribution is 5.84. The van der Waals surface area contributed by atoms with Crippen LogP contribution in [0.3, 0.4) is 0 Å². The van der Waals surface area contributed by atoms with Gasteiger partial charge in [0.15, 0.2) is 6.10 Å². The van der Waals surface area contributed by atoms with Crippen molar-refractivity contribution in [3.63, 3.8) is 0 Å². The second kappa shape index (κ2) is 12.9. The van der Waals surface area contributed by atoms with E-state index in [1.54, 1.807) is 25.3 Å². The van der Waals surface area contributed by atoms with Gasteiger partial charge in [-0.05, 0) is 73.0 Å². The van der Waals surface area contributed by atoms with Gasteiger partial charge in [0.25, 0.3) is 5.91 Å². The fourth-order valence-corrected chi connectivity index (χ4v) is 2.86. The molecule has 0 spiro atoms. The Labute approximate surface area is 195 Å². The fourth-order valence-electron chi connectivity index (χ4n) is 2.86. The maximum absolute atomic E-state index is 12.3. The third-order valence-corrected chi connectivity index (χ3v) is 4.79. The van der Waals surface area contributed by atoms with Gasteiger partial charge in [0.2, 0.25) is 0 Å². The zero-order valence-electron chi connectivity index (χ0n) is 19.1. The fraction of sp³-hybridized carbons (Fsp3) is 0.259. The normalized spacial score (nSPS) is 11.7. The molecule has 0 radical (unpaired) electrons. The van der Waals surface area contributed by atoms with Gasteiger partial charge in [-0.15, -0.1) is 0 Å². The molecule has 0 aliphatic carbocycles. The third-order valence-electron chi connectivity index (χ3n) is 4.79. The standard InChI is InChI=1S/C27H30N2O4/c1-3-4-18-31-24-12-10-22(11-13-24)19-28-29-27(30)21(2)33-26-16-14-25(15-17-26)32-20-23-8-6-5-7-9-23/h5-17,19,21H,3-4,18,20H2,1-2H3,(H,29,30)/b28-19+. The van der Waals surface area contributed by atoms with Crippen molar-refractivity contribution in [1.29, 1.82) is 0 Å². The van der Waals surface area contributed by atoms with Gasteiger partial charge in [0.05, 0.1) is 12.8 Å². The van der Waals surface area contributed by atoms with Crippen molar-refractivity contribution in [1.82, 2.24) is 5.43 Å². The second-order valence-corrected chi connectivity index (χ2v) is 7.51. The van der Waals surface area contributed by atoms with Crippen molar-refractivity contribution in [3.05, 3.63) is 90.0 Å². The first-order valence-corrected chi connectivity index (χ1v) is 11.1. The number of nitrogens with one attached hydrogen (secondary N) is 1. The lowest BCUT2D eigenvalue weighted by Crippen LogP contribution is -2.33. The van der Waals surface area contributed by atoms with Gasteiger partial charge in [0.1, 0.15) is 23.9 Å². The van der Waals surface area contributed by atoms with Gasteiger partial charge in [-0.1, -0.05) is 43.7 Å². The van der Waals surface area contributed by atoms with E-state index < -0.39 is 6.10 Å². The molecule has 0 fully saturated rings. The molecule has 1 atom stereocenters. The highest BCUT2D eigenvalue weighted by Crippen LogP contribution is 2.20. The molecule has 3 aromatic rings. The van der Waals surface area contributed by atoms with E-state index in [4.69, 9.17) is 14.2 Å². The van der Waals surface area contributed by atoms with Gasteiger partial charge in [-0.2, -0.15) is 5.10 Å². The molecule has 0 saturated heterocycles. The Balaban J connectivity index is 1.41. The molecule has 3 aromatic carbocycles. The summed E-state index contributed by atoms with van der Waals surface area (Å²) in [5.74, 6) is 1.79. The summed E-state index contributed by atoms with van der Waals surface area (Å²) in [6.45, 7) is 5.00. The van der Waals surface area contributed by atoms with E-state index in [9.17, 15) is 4.79 Å². The number of hydrazone groups is 1. The number of rotatable bonds is 12. The molecule has 3 rings (SSSR count). The van der Waals surface area contributed by atoms with Gasteiger partial charge in [-0.25, -0.2) is 5.43 Å². The predicted octanol–water partition coefficient (Wildman–Crippen LogP) is 5.36. The van der Waals surface area contributed by atoms with Crippen LogP contribution in [0.4, 0.5) is 0 Å². The van der Waals surface area contributed by atoms with Crippen molar-refractivity contribution < 1.29 is 19.0 Å². The smallest absolute Gasteiger partial charge is 0.280 e. The molecule has 0 aromatic heterocycles. The van der Waals surface area contributed by atoms with Crippen molar-refractivity contribution in [3.8, 4) is 17.2 Å². The summed E-state index contributed by atoms with van der Waals surface area (Å²) < 4.78 is 17.1. The van der Waals surface area contributed by atoms with Crippen molar-refractivity contribution in [2.75, 3.05) is 6.61 Å². The SMILES string of the molecule is CCCCOc1ccc(/C=N/NC(=O)C(C)Oc2ccc(OCc3ccccc3)cc2)cc1. The van der Waals surface area contributed by atoms with Crippen molar-refractivity contribution in [2.24, 2.45) is 5.10 Å². The zero-order valence-corrected chi connectivity index (χ0v) is 19.1. The number of carbonyl (C=O) groups is 1. The van der Waals surface area contributed by atoms with E-state index in [1.807, 2.05) is 66.7 Å². The molecule has 0 saturated carbocycles. The maximum Gasteiger partial charge on any atom is 0.280 e. The number of amides is 1. The molecule has 33 heavy (non-hydrogen) atoms. The molecule has 6 heteroatoms. The molecular formula is C27H30N2O4. The van der Waals surface area contributed by atoms with Crippen LogP contribution in [-0.4, -0.2) is 24.8 Å². The van der Waals surface area contributed by atoms with Gasteiger partial charge >= 0.3 is 0 Å². The van der Waals surface area contributed by atoms with Crippen LogP contribution in [0, 0.1) is 0 Å². The van der Waals surface area contributed by atoms with Gasteiger partial charge in [0, 0.05) is 0 Å². The predicted molar refractivity (Wildman–Crippen MR) is 130 cm³/mol. The average molecular weight is 447 g/mol. The Bertz CT molecular complexity index is 1000. The minimum absolute atomic E-state index is 0.338. The van der Waals surface area contributed by atoms with E-state index >= 15 is 0 Å². The second-order valence-electron chi connectivity index (χ2n) is 7.51. The van der Waals surface area contributed by atoms with Crippen LogP contribution < -0.4 is 19.6 Å². The minimum Gasteiger partial charge on any atom is -0.494 e. The van der Waals surface area contributed by atoms with E-state index in [0.29, 0.717) is 19.0 Å². The summed E-state index contributed by atoms with van der Waals surface area (Å²) in [5.41, 5.74) is 4.46. The maximum atomic E-state index is 12.3. The average Bonchev–Trinajstić information content (AvgIpc) is 2.85. The summed E-state index contributed by atoms with van der Waals surface area (Å²) in [4.78, 5) is 12.3. The Kier molecular flexibility index (Phi) is 9.33. The van der Waals surface area contributed by atoms with Crippen molar-refractivity contribution >= 4 is 12.1 Å². The minimum atomic E-state index is -0.701. The monoisotopic (exact) mass is 446 g/mol. The van der Waals surface area contributed by atoms with Crippen LogP contribution in [0.25, 0.3) is 0 Å². The molecule has 0 aliphatic heterocycles. The quantitative estimate of drug-likeness (QED) is 0.231. The van der Waals surface area contributed by atoms with Gasteiger partial charge < -0.3 is 14.2 Å². The molecule has 172 valence electrons. The largest absolute Gasteiger partial charge is 0.494 e. The molecule has 0 aliphatic rings. The molecule has 1 N–H and O–H groups in total. The lowest BCUT2D eigenvalue weighted by molar-refractivity contribution is -0.127. The van der Waals surface area contributed by atoms with Crippen LogP contribution in [0.2, 0.25) is 0 Å². The Morgan fingerprint density at radius 3 is 2.24 bits per heavy atom. The highest BCUT2D eigenvalue weighted by Gasteiger charge is 2.14. The van der Waals surface area contributed by atoms with Crippen LogP contribution in [-0.2, 0) is 11.4 Å². The summed E-state index contributed by atoms with van der Waals surface area (Å²) in [6.07, 6.45) is 3.01. The number of carbonyl (C=O) groups excluding carboxylic acids is 1. The molecule has 1 amide bonds. The van der Waals surface area contributed by atoms with E-state index in [-0.39, 0.29) is 5.91 Å². The number of ether oxygens (including phenoxy) is 3. The summed E-state index contributed by atoms with van der Waals surface area (Å²) in [5, 5.41) is 4.01. The van der Waals surface area contributed by atoms with Gasteiger partial charge in [-0.3, -0.25) is 4.79 Å². The lowest BCUT2D eigenvalue weighted by Gasteiger charge is -2.13. The molecule has 0 heterocycles. The first-order valence-electron chi connectivity index (χ1n) is 11.1.